The zero-order valence-corrected chi connectivity index (χ0v) is 7.95. The Morgan fingerprint density at radius 3 is 2.58 bits per heavy atom. The fraction of sp³-hybridized carbons (Fsp3) is 0.667. The molecular formula is C9H17NO2. The van der Waals surface area contributed by atoms with Crippen LogP contribution in [0.15, 0.2) is 12.2 Å². The van der Waals surface area contributed by atoms with Gasteiger partial charge in [-0.3, -0.25) is 0 Å². The molecule has 0 saturated carbocycles. The van der Waals surface area contributed by atoms with Crippen molar-refractivity contribution < 1.29 is 9.90 Å². The number of carbonyl (C=O) groups is 1. The van der Waals surface area contributed by atoms with Crippen molar-refractivity contribution in [2.24, 2.45) is 0 Å². The van der Waals surface area contributed by atoms with Gasteiger partial charge >= 0.3 is 5.97 Å². The smallest absolute Gasteiger partial charge is 0.327 e. The van der Waals surface area contributed by atoms with Crippen LogP contribution in [0.1, 0.15) is 20.3 Å². The molecule has 0 aliphatic heterocycles. The molecule has 0 aliphatic carbocycles. The van der Waals surface area contributed by atoms with E-state index in [-0.39, 0.29) is 0 Å². The van der Waals surface area contributed by atoms with Gasteiger partial charge in [0.25, 0.3) is 0 Å². The molecule has 0 fully saturated rings. The lowest BCUT2D eigenvalue weighted by Crippen LogP contribution is -2.26. The summed E-state index contributed by atoms with van der Waals surface area (Å²) < 4.78 is 0. The van der Waals surface area contributed by atoms with E-state index in [9.17, 15) is 4.79 Å². The lowest BCUT2D eigenvalue weighted by Gasteiger charge is -2.19. The molecular weight excluding hydrogens is 154 g/mol. The third kappa shape index (κ3) is 5.92. The van der Waals surface area contributed by atoms with Crippen LogP contribution in [-0.2, 0) is 4.79 Å². The van der Waals surface area contributed by atoms with E-state index in [0.717, 1.165) is 13.0 Å². The van der Waals surface area contributed by atoms with Gasteiger partial charge < -0.3 is 10.0 Å². The number of hydrogen-bond acceptors (Lipinski definition) is 2. The third-order valence-corrected chi connectivity index (χ3v) is 1.79. The topological polar surface area (TPSA) is 40.5 Å². The lowest BCUT2D eigenvalue weighted by atomic mass is 10.3. The first kappa shape index (κ1) is 11.2. The maximum absolute atomic E-state index is 10.1. The molecule has 0 atom stereocenters. The highest BCUT2D eigenvalue weighted by Gasteiger charge is 1.99. The van der Waals surface area contributed by atoms with E-state index in [2.05, 4.69) is 18.7 Å². The van der Waals surface area contributed by atoms with Gasteiger partial charge in [0, 0.05) is 18.7 Å². The first-order valence-electron chi connectivity index (χ1n) is 4.13. The van der Waals surface area contributed by atoms with Crippen LogP contribution in [0.3, 0.4) is 0 Å². The van der Waals surface area contributed by atoms with Crippen molar-refractivity contribution >= 4 is 5.97 Å². The second-order valence-electron chi connectivity index (χ2n) is 3.10. The third-order valence-electron chi connectivity index (χ3n) is 1.79. The van der Waals surface area contributed by atoms with Crippen LogP contribution in [0.2, 0.25) is 0 Å². The molecule has 3 heteroatoms. The second-order valence-corrected chi connectivity index (χ2v) is 3.10. The molecule has 70 valence electrons. The Kier molecular flexibility index (Phi) is 5.37. The van der Waals surface area contributed by atoms with Crippen molar-refractivity contribution in [2.45, 2.75) is 26.3 Å². The fourth-order valence-corrected chi connectivity index (χ4v) is 0.721. The predicted molar refractivity (Wildman–Crippen MR) is 49.2 cm³/mol. The van der Waals surface area contributed by atoms with Gasteiger partial charge in [-0.15, -0.1) is 0 Å². The van der Waals surface area contributed by atoms with E-state index in [4.69, 9.17) is 5.11 Å². The minimum atomic E-state index is -0.873. The monoisotopic (exact) mass is 171 g/mol. The molecule has 0 bridgehead atoms. The van der Waals surface area contributed by atoms with Crippen LogP contribution in [0, 0.1) is 0 Å². The quantitative estimate of drug-likeness (QED) is 0.635. The molecule has 0 aromatic heterocycles. The standard InChI is InChI=1S/C9H17NO2/c1-8(2)10(3)7-5-4-6-9(11)12/h4,6,8H,5,7H2,1-3H3,(H,11,12)/b6-4+. The van der Waals surface area contributed by atoms with Crippen molar-refractivity contribution in [1.82, 2.24) is 4.90 Å². The molecule has 0 aliphatic rings. The van der Waals surface area contributed by atoms with Gasteiger partial charge in [0.15, 0.2) is 0 Å². The fourth-order valence-electron chi connectivity index (χ4n) is 0.721. The highest BCUT2D eigenvalue weighted by Crippen LogP contribution is 1.95. The summed E-state index contributed by atoms with van der Waals surface area (Å²) in [5.41, 5.74) is 0. The number of carboxylic acids is 1. The number of rotatable bonds is 5. The molecule has 0 saturated heterocycles. The minimum Gasteiger partial charge on any atom is -0.478 e. The van der Waals surface area contributed by atoms with Crippen LogP contribution >= 0.6 is 0 Å². The minimum absolute atomic E-state index is 0.517. The zero-order chi connectivity index (χ0) is 9.56. The van der Waals surface area contributed by atoms with Crippen LogP contribution < -0.4 is 0 Å². The average molecular weight is 171 g/mol. The summed E-state index contributed by atoms with van der Waals surface area (Å²) in [4.78, 5) is 12.3. The van der Waals surface area contributed by atoms with Crippen LogP contribution in [0.25, 0.3) is 0 Å². The van der Waals surface area contributed by atoms with E-state index >= 15 is 0 Å². The molecule has 3 nitrogen and oxygen atoms in total. The second kappa shape index (κ2) is 5.77. The van der Waals surface area contributed by atoms with Crippen LogP contribution in [0.4, 0.5) is 0 Å². The van der Waals surface area contributed by atoms with Crippen molar-refractivity contribution in [1.29, 1.82) is 0 Å². The number of aliphatic carboxylic acids is 1. The Hall–Kier alpha value is -0.830. The van der Waals surface area contributed by atoms with Crippen LogP contribution in [-0.4, -0.2) is 35.6 Å². The Labute approximate surface area is 73.7 Å². The summed E-state index contributed by atoms with van der Waals surface area (Å²) in [6.45, 7) is 5.13. The van der Waals surface area contributed by atoms with E-state index < -0.39 is 5.97 Å². The molecule has 1 N–H and O–H groups in total. The molecule has 0 amide bonds. The molecule has 0 heterocycles. The maximum Gasteiger partial charge on any atom is 0.327 e. The highest BCUT2D eigenvalue weighted by atomic mass is 16.4. The van der Waals surface area contributed by atoms with Gasteiger partial charge in [-0.05, 0) is 27.3 Å². The van der Waals surface area contributed by atoms with Gasteiger partial charge in [0.1, 0.15) is 0 Å². The van der Waals surface area contributed by atoms with Crippen molar-refractivity contribution in [3.8, 4) is 0 Å². The first-order valence-corrected chi connectivity index (χ1v) is 4.13. The molecule has 0 aromatic rings. The highest BCUT2D eigenvalue weighted by molar-refractivity contribution is 5.79. The molecule has 0 rings (SSSR count). The summed E-state index contributed by atoms with van der Waals surface area (Å²) in [5, 5.41) is 8.29. The Morgan fingerprint density at radius 1 is 1.58 bits per heavy atom. The number of hydrogen-bond donors (Lipinski definition) is 1. The van der Waals surface area contributed by atoms with Crippen LogP contribution in [0.5, 0.6) is 0 Å². The first-order chi connectivity index (χ1) is 5.54. The van der Waals surface area contributed by atoms with E-state index in [1.54, 1.807) is 6.08 Å². The molecule has 0 spiro atoms. The van der Waals surface area contributed by atoms with Crippen molar-refractivity contribution in [3.63, 3.8) is 0 Å². The number of nitrogens with zero attached hydrogens (tertiary/aromatic N) is 1. The maximum atomic E-state index is 10.1. The van der Waals surface area contributed by atoms with Crippen molar-refractivity contribution in [2.75, 3.05) is 13.6 Å². The van der Waals surface area contributed by atoms with Gasteiger partial charge in [0.05, 0.1) is 0 Å². The number of carboxylic acid groups (broad SMARTS) is 1. The van der Waals surface area contributed by atoms with E-state index in [1.165, 1.54) is 6.08 Å². The van der Waals surface area contributed by atoms with E-state index in [0.29, 0.717) is 6.04 Å². The van der Waals surface area contributed by atoms with Gasteiger partial charge in [-0.1, -0.05) is 6.08 Å². The Bertz CT molecular complexity index is 164. The summed E-state index contributed by atoms with van der Waals surface area (Å²) in [5.74, 6) is -0.873. The largest absolute Gasteiger partial charge is 0.478 e. The summed E-state index contributed by atoms with van der Waals surface area (Å²) in [6, 6.07) is 0.517. The van der Waals surface area contributed by atoms with Gasteiger partial charge in [-0.2, -0.15) is 0 Å². The summed E-state index contributed by atoms with van der Waals surface area (Å²) in [6.07, 6.45) is 3.66. The summed E-state index contributed by atoms with van der Waals surface area (Å²) >= 11 is 0. The normalized spacial score (nSPS) is 11.8. The average Bonchev–Trinajstić information content (AvgIpc) is 1.97. The molecule has 0 unspecified atom stereocenters. The van der Waals surface area contributed by atoms with E-state index in [1.807, 2.05) is 7.05 Å². The Morgan fingerprint density at radius 2 is 2.17 bits per heavy atom. The lowest BCUT2D eigenvalue weighted by molar-refractivity contribution is -0.131. The predicted octanol–water partition coefficient (Wildman–Crippen LogP) is 1.36. The SMILES string of the molecule is CC(C)N(C)CC/C=C/C(=O)O. The van der Waals surface area contributed by atoms with Gasteiger partial charge in [-0.25, -0.2) is 4.79 Å². The Balaban J connectivity index is 3.49. The zero-order valence-electron chi connectivity index (χ0n) is 7.95. The molecule has 12 heavy (non-hydrogen) atoms. The molecule has 0 aromatic carbocycles. The molecule has 0 radical (unpaired) electrons. The van der Waals surface area contributed by atoms with Gasteiger partial charge in [0.2, 0.25) is 0 Å². The van der Waals surface area contributed by atoms with Crippen molar-refractivity contribution in [3.05, 3.63) is 12.2 Å². The summed E-state index contributed by atoms with van der Waals surface area (Å²) in [7, 11) is 2.03.